The maximum atomic E-state index is 12.5. The number of halogens is 2. The van der Waals surface area contributed by atoms with Crippen molar-refractivity contribution in [2.75, 3.05) is 6.54 Å². The van der Waals surface area contributed by atoms with E-state index in [0.717, 1.165) is 25.7 Å². The largest absolute Gasteiger partial charge is 0.352 e. The van der Waals surface area contributed by atoms with Gasteiger partial charge in [0.2, 0.25) is 17.7 Å². The van der Waals surface area contributed by atoms with Gasteiger partial charge in [-0.2, -0.15) is 0 Å². The highest BCUT2D eigenvalue weighted by atomic mass is 79.9. The van der Waals surface area contributed by atoms with Gasteiger partial charge in [0, 0.05) is 15.7 Å². The topological polar surface area (TPSA) is 66.5 Å². The molecule has 2 saturated carbocycles. The zero-order chi connectivity index (χ0) is 16.6. The first kappa shape index (κ1) is 17.4. The van der Waals surface area contributed by atoms with E-state index in [9.17, 15) is 14.4 Å². The summed E-state index contributed by atoms with van der Waals surface area (Å²) in [5, 5.41) is 2.98. The molecule has 0 aromatic carbocycles. The van der Waals surface area contributed by atoms with Gasteiger partial charge in [-0.15, -0.1) is 0 Å². The van der Waals surface area contributed by atoms with Crippen molar-refractivity contribution in [3.05, 3.63) is 0 Å². The van der Waals surface area contributed by atoms with Crippen molar-refractivity contribution in [3.8, 4) is 0 Å². The Hall–Kier alpha value is -0.430. The van der Waals surface area contributed by atoms with Crippen molar-refractivity contribution < 1.29 is 14.4 Å². The minimum atomic E-state index is -0.275. The number of carbonyl (C=O) groups is 3. The molecule has 1 aliphatic heterocycles. The summed E-state index contributed by atoms with van der Waals surface area (Å²) in [5.74, 6) is -1.11. The number of imide groups is 1. The van der Waals surface area contributed by atoms with Crippen LogP contribution in [0.25, 0.3) is 0 Å². The Bertz CT molecular complexity index is 480. The van der Waals surface area contributed by atoms with Gasteiger partial charge in [0.15, 0.2) is 0 Å². The van der Waals surface area contributed by atoms with Crippen LogP contribution in [0.1, 0.15) is 44.9 Å². The molecule has 7 heteroatoms. The van der Waals surface area contributed by atoms with Crippen molar-refractivity contribution in [2.24, 2.45) is 11.8 Å². The summed E-state index contributed by atoms with van der Waals surface area (Å²) in [6.07, 6.45) is 6.77. The van der Waals surface area contributed by atoms with Crippen molar-refractivity contribution >= 4 is 49.6 Å². The monoisotopic (exact) mass is 448 g/mol. The molecule has 4 atom stereocenters. The fraction of sp³-hybridized carbons (Fsp3) is 0.812. The van der Waals surface area contributed by atoms with E-state index in [2.05, 4.69) is 37.2 Å². The average molecular weight is 450 g/mol. The van der Waals surface area contributed by atoms with Gasteiger partial charge in [0.05, 0.1) is 11.8 Å². The molecule has 0 aromatic rings. The van der Waals surface area contributed by atoms with Crippen molar-refractivity contribution in [1.29, 1.82) is 0 Å². The number of fused-ring (bicyclic) bond motifs is 1. The zero-order valence-corrected chi connectivity index (χ0v) is 16.1. The number of hydrogen-bond donors (Lipinski definition) is 1. The summed E-state index contributed by atoms with van der Waals surface area (Å²) in [5.41, 5.74) is 0. The third kappa shape index (κ3) is 3.65. The van der Waals surface area contributed by atoms with Gasteiger partial charge < -0.3 is 5.32 Å². The van der Waals surface area contributed by atoms with Crippen LogP contribution >= 0.6 is 31.9 Å². The van der Waals surface area contributed by atoms with E-state index in [1.54, 1.807) is 0 Å². The lowest BCUT2D eigenvalue weighted by Gasteiger charge is -2.29. The first-order valence-electron chi connectivity index (χ1n) is 8.40. The second-order valence-corrected chi connectivity index (χ2v) is 9.23. The maximum absolute atomic E-state index is 12.5. The second kappa shape index (κ2) is 7.21. The molecule has 0 aromatic heterocycles. The highest BCUT2D eigenvalue weighted by molar-refractivity contribution is 9.12. The van der Waals surface area contributed by atoms with E-state index in [1.807, 2.05) is 0 Å². The molecular weight excluding hydrogens is 428 g/mol. The van der Waals surface area contributed by atoms with Crippen LogP contribution in [0.4, 0.5) is 0 Å². The van der Waals surface area contributed by atoms with E-state index in [0.29, 0.717) is 12.8 Å². The quantitative estimate of drug-likeness (QED) is 0.531. The van der Waals surface area contributed by atoms with Gasteiger partial charge in [-0.1, -0.05) is 51.1 Å². The fourth-order valence-electron chi connectivity index (χ4n) is 3.98. The number of nitrogens with zero attached hydrogens (tertiary/aromatic N) is 1. The highest BCUT2D eigenvalue weighted by Gasteiger charge is 2.52. The first-order valence-corrected chi connectivity index (χ1v) is 10.2. The van der Waals surface area contributed by atoms with Crippen molar-refractivity contribution in [2.45, 2.75) is 60.6 Å². The van der Waals surface area contributed by atoms with Crippen LogP contribution in [0.5, 0.6) is 0 Å². The van der Waals surface area contributed by atoms with Crippen molar-refractivity contribution in [1.82, 2.24) is 10.2 Å². The summed E-state index contributed by atoms with van der Waals surface area (Å²) < 4.78 is 0. The van der Waals surface area contributed by atoms with Gasteiger partial charge in [-0.25, -0.2) is 0 Å². The summed E-state index contributed by atoms with van der Waals surface area (Å²) in [6.45, 7) is -0.124. The summed E-state index contributed by atoms with van der Waals surface area (Å²) >= 11 is 7.13. The van der Waals surface area contributed by atoms with E-state index in [1.165, 1.54) is 11.3 Å². The van der Waals surface area contributed by atoms with E-state index < -0.39 is 0 Å². The van der Waals surface area contributed by atoms with Crippen LogP contribution in [-0.4, -0.2) is 44.9 Å². The second-order valence-electron chi connectivity index (χ2n) is 6.88. The Morgan fingerprint density at radius 2 is 1.52 bits per heavy atom. The molecule has 0 radical (unpaired) electrons. The highest BCUT2D eigenvalue weighted by Crippen LogP contribution is 2.43. The third-order valence-corrected chi connectivity index (χ3v) is 8.01. The minimum Gasteiger partial charge on any atom is -0.352 e. The summed E-state index contributed by atoms with van der Waals surface area (Å²) in [6, 6.07) is 0.199. The number of likely N-dealkylation sites (tertiary alicyclic amines) is 1. The third-order valence-electron chi connectivity index (χ3n) is 5.27. The number of hydrogen-bond acceptors (Lipinski definition) is 3. The maximum Gasteiger partial charge on any atom is 0.240 e. The first-order chi connectivity index (χ1) is 11.0. The molecule has 3 amide bonds. The zero-order valence-electron chi connectivity index (χ0n) is 13.0. The normalized spacial score (nSPS) is 35.3. The number of carbonyl (C=O) groups excluding carboxylic acids is 3. The summed E-state index contributed by atoms with van der Waals surface area (Å²) in [7, 11) is 0. The van der Waals surface area contributed by atoms with Crippen LogP contribution in [0.2, 0.25) is 0 Å². The van der Waals surface area contributed by atoms with Gasteiger partial charge in [-0.3, -0.25) is 19.3 Å². The SMILES string of the molecule is O=C(CN1C(=O)[C@@H]2C[C@@H](Br)[C@@H](Br)C[C@H]2C1=O)NC1CCCCC1. The van der Waals surface area contributed by atoms with Crippen molar-refractivity contribution in [3.63, 3.8) is 0 Å². The molecule has 3 aliphatic rings. The Morgan fingerprint density at radius 3 is 2.04 bits per heavy atom. The molecule has 1 N–H and O–H groups in total. The Labute approximate surface area is 153 Å². The smallest absolute Gasteiger partial charge is 0.240 e. The molecule has 0 bridgehead atoms. The number of nitrogens with one attached hydrogen (secondary N) is 1. The van der Waals surface area contributed by atoms with Crippen LogP contribution in [0.3, 0.4) is 0 Å². The lowest BCUT2D eigenvalue weighted by Crippen LogP contribution is -2.45. The molecule has 3 rings (SSSR count). The lowest BCUT2D eigenvalue weighted by atomic mass is 9.81. The standard InChI is InChI=1S/C16H22Br2N2O3/c17-12-6-10-11(7-13(12)18)16(23)20(15(10)22)8-14(21)19-9-4-2-1-3-5-9/h9-13H,1-8H2,(H,19,21)/t10-,11-,12-,13+/m1/s1. The predicted octanol–water partition coefficient (Wildman–Crippen LogP) is 2.36. The average Bonchev–Trinajstić information content (AvgIpc) is 2.74. The Kier molecular flexibility index (Phi) is 5.46. The fourth-order valence-corrected chi connectivity index (χ4v) is 5.22. The molecule has 5 nitrogen and oxygen atoms in total. The van der Waals surface area contributed by atoms with E-state index >= 15 is 0 Å². The molecule has 0 spiro atoms. The number of rotatable bonds is 3. The van der Waals surface area contributed by atoms with E-state index in [-0.39, 0.29) is 51.8 Å². The minimum absolute atomic E-state index is 0.124. The van der Waals surface area contributed by atoms with E-state index in [4.69, 9.17) is 0 Å². The van der Waals surface area contributed by atoms with Gasteiger partial charge in [0.25, 0.3) is 0 Å². The van der Waals surface area contributed by atoms with Crippen LogP contribution in [0.15, 0.2) is 0 Å². The number of alkyl halides is 2. The molecule has 128 valence electrons. The molecule has 1 heterocycles. The Balaban J connectivity index is 1.60. The molecule has 2 aliphatic carbocycles. The lowest BCUT2D eigenvalue weighted by molar-refractivity contribution is -0.143. The predicted molar refractivity (Wildman–Crippen MR) is 93.4 cm³/mol. The Morgan fingerprint density at radius 1 is 1.00 bits per heavy atom. The molecule has 3 fully saturated rings. The van der Waals surface area contributed by atoms with Gasteiger partial charge in [0.1, 0.15) is 6.54 Å². The molecular formula is C16H22Br2N2O3. The van der Waals surface area contributed by atoms with Crippen LogP contribution in [-0.2, 0) is 14.4 Å². The number of amides is 3. The molecule has 23 heavy (non-hydrogen) atoms. The molecule has 0 unspecified atom stereocenters. The van der Waals surface area contributed by atoms with Crippen LogP contribution in [0, 0.1) is 11.8 Å². The molecule has 1 saturated heterocycles. The summed E-state index contributed by atoms with van der Waals surface area (Å²) in [4.78, 5) is 38.8. The van der Waals surface area contributed by atoms with Gasteiger partial charge >= 0.3 is 0 Å². The van der Waals surface area contributed by atoms with Gasteiger partial charge in [-0.05, 0) is 25.7 Å². The van der Waals surface area contributed by atoms with Crippen LogP contribution < -0.4 is 5.32 Å².